The highest BCUT2D eigenvalue weighted by molar-refractivity contribution is 5.41. The molecule has 0 bridgehead atoms. The maximum absolute atomic E-state index is 13.0. The highest BCUT2D eigenvalue weighted by atomic mass is 19.1. The van der Waals surface area contributed by atoms with Crippen molar-refractivity contribution in [1.29, 1.82) is 0 Å². The van der Waals surface area contributed by atoms with E-state index in [4.69, 9.17) is 0 Å². The third kappa shape index (κ3) is 11.0. The molecule has 1 saturated heterocycles. The molecule has 1 aromatic rings. The molecule has 1 aliphatic heterocycles. The number of nitrogens with one attached hydrogen (secondary N) is 3. The lowest BCUT2D eigenvalue weighted by Crippen LogP contribution is -2.45. The molecule has 194 valence electrons. The maximum atomic E-state index is 13.0. The number of rotatable bonds is 16. The number of halogens is 1. The topological polar surface area (TPSA) is 39.3 Å². The summed E-state index contributed by atoms with van der Waals surface area (Å²) in [5.74, 6) is 0.736. The third-order valence-corrected chi connectivity index (χ3v) is 8.02. The van der Waals surface area contributed by atoms with Crippen LogP contribution in [0.25, 0.3) is 0 Å². The van der Waals surface area contributed by atoms with E-state index >= 15 is 0 Å². The SMILES string of the molecule is CCCCCCCCCCNC1CCC(CCN2CCC(NNc3ccc(F)cc3)CC2)CC1. The Balaban J connectivity index is 1.15. The number of likely N-dealkylation sites (tertiary alicyclic amines) is 1. The lowest BCUT2D eigenvalue weighted by atomic mass is 9.84. The summed E-state index contributed by atoms with van der Waals surface area (Å²) in [7, 11) is 0. The summed E-state index contributed by atoms with van der Waals surface area (Å²) in [6.45, 7) is 7.14. The van der Waals surface area contributed by atoms with Crippen molar-refractivity contribution in [2.45, 2.75) is 115 Å². The van der Waals surface area contributed by atoms with Crippen molar-refractivity contribution < 1.29 is 4.39 Å². The molecule has 0 amide bonds. The minimum Gasteiger partial charge on any atom is -0.321 e. The number of hydrazine groups is 1. The number of benzene rings is 1. The van der Waals surface area contributed by atoms with E-state index in [-0.39, 0.29) is 5.82 Å². The van der Waals surface area contributed by atoms with Crippen LogP contribution in [-0.4, -0.2) is 43.2 Å². The van der Waals surface area contributed by atoms with Crippen molar-refractivity contribution in [3.63, 3.8) is 0 Å². The molecule has 0 unspecified atom stereocenters. The first kappa shape index (κ1) is 27.4. The summed E-state index contributed by atoms with van der Waals surface area (Å²) in [4.78, 5) is 2.66. The highest BCUT2D eigenvalue weighted by Crippen LogP contribution is 2.27. The molecule has 0 aromatic heterocycles. The van der Waals surface area contributed by atoms with Crippen LogP contribution in [0.2, 0.25) is 0 Å². The van der Waals surface area contributed by atoms with Crippen LogP contribution in [0.3, 0.4) is 0 Å². The second-order valence-corrected chi connectivity index (χ2v) is 10.8. The zero-order valence-corrected chi connectivity index (χ0v) is 21.8. The zero-order chi connectivity index (χ0) is 23.8. The van der Waals surface area contributed by atoms with Gasteiger partial charge in [0.2, 0.25) is 0 Å². The number of piperidine rings is 1. The molecule has 0 radical (unpaired) electrons. The summed E-state index contributed by atoms with van der Waals surface area (Å²) in [5.41, 5.74) is 7.58. The van der Waals surface area contributed by atoms with Gasteiger partial charge in [-0.3, -0.25) is 0 Å². The van der Waals surface area contributed by atoms with E-state index in [2.05, 4.69) is 28.0 Å². The first-order valence-electron chi connectivity index (χ1n) is 14.5. The molecule has 0 spiro atoms. The van der Waals surface area contributed by atoms with Gasteiger partial charge in [0.05, 0.1) is 0 Å². The van der Waals surface area contributed by atoms with Crippen LogP contribution in [0, 0.1) is 11.7 Å². The van der Waals surface area contributed by atoms with Gasteiger partial charge < -0.3 is 15.6 Å². The van der Waals surface area contributed by atoms with Gasteiger partial charge in [-0.05, 0) is 108 Å². The first-order valence-corrected chi connectivity index (χ1v) is 14.5. The number of nitrogens with zero attached hydrogens (tertiary/aromatic N) is 1. The second-order valence-electron chi connectivity index (χ2n) is 10.8. The molecule has 3 rings (SSSR count). The zero-order valence-electron chi connectivity index (χ0n) is 21.8. The Morgan fingerprint density at radius 1 is 0.794 bits per heavy atom. The van der Waals surface area contributed by atoms with Gasteiger partial charge in [0, 0.05) is 17.8 Å². The van der Waals surface area contributed by atoms with Crippen molar-refractivity contribution in [2.75, 3.05) is 31.6 Å². The van der Waals surface area contributed by atoms with Gasteiger partial charge in [0.15, 0.2) is 0 Å². The van der Waals surface area contributed by atoms with Crippen LogP contribution in [0.15, 0.2) is 24.3 Å². The van der Waals surface area contributed by atoms with E-state index in [0.29, 0.717) is 6.04 Å². The first-order chi connectivity index (χ1) is 16.7. The van der Waals surface area contributed by atoms with E-state index in [0.717, 1.165) is 17.6 Å². The molecule has 1 aromatic carbocycles. The van der Waals surface area contributed by atoms with Crippen molar-refractivity contribution in [3.05, 3.63) is 30.1 Å². The van der Waals surface area contributed by atoms with E-state index < -0.39 is 0 Å². The van der Waals surface area contributed by atoms with E-state index in [1.54, 1.807) is 12.1 Å². The molecule has 5 heteroatoms. The standard InChI is InChI=1S/C29H51FN4/c1-2-3-4-5-6-7-8-9-21-31-27-14-10-25(11-15-27)18-22-34-23-19-29(20-24-34)33-32-28-16-12-26(30)13-17-28/h12-13,16-17,25,27,29,31-33H,2-11,14-15,18-24H2,1H3. The fourth-order valence-corrected chi connectivity index (χ4v) is 5.60. The van der Waals surface area contributed by atoms with E-state index in [1.165, 1.54) is 135 Å². The molecule has 1 saturated carbocycles. The summed E-state index contributed by atoms with van der Waals surface area (Å²) in [5, 5.41) is 3.85. The van der Waals surface area contributed by atoms with Crippen molar-refractivity contribution in [3.8, 4) is 0 Å². The van der Waals surface area contributed by atoms with Gasteiger partial charge in [-0.15, -0.1) is 0 Å². The summed E-state index contributed by atoms with van der Waals surface area (Å²) in [6, 6.07) is 7.80. The minimum atomic E-state index is -0.192. The fourth-order valence-electron chi connectivity index (χ4n) is 5.60. The Bertz CT molecular complexity index is 622. The van der Waals surface area contributed by atoms with Gasteiger partial charge in [-0.1, -0.05) is 51.9 Å². The molecule has 3 N–H and O–H groups in total. The predicted molar refractivity (Wildman–Crippen MR) is 144 cm³/mol. The van der Waals surface area contributed by atoms with Crippen molar-refractivity contribution in [2.24, 2.45) is 5.92 Å². The molecule has 0 atom stereocenters. The Morgan fingerprint density at radius 2 is 1.44 bits per heavy atom. The smallest absolute Gasteiger partial charge is 0.123 e. The minimum absolute atomic E-state index is 0.192. The molecule has 2 fully saturated rings. The van der Waals surface area contributed by atoms with Crippen molar-refractivity contribution >= 4 is 5.69 Å². The van der Waals surface area contributed by atoms with Gasteiger partial charge in [-0.2, -0.15) is 0 Å². The number of hydrogen-bond donors (Lipinski definition) is 3. The van der Waals surface area contributed by atoms with Crippen LogP contribution < -0.4 is 16.2 Å². The van der Waals surface area contributed by atoms with Gasteiger partial charge in [0.1, 0.15) is 5.82 Å². The second kappa shape index (κ2) is 16.5. The summed E-state index contributed by atoms with van der Waals surface area (Å²) in [6.07, 6.45) is 20.6. The average Bonchev–Trinajstić information content (AvgIpc) is 2.87. The highest BCUT2D eigenvalue weighted by Gasteiger charge is 2.23. The average molecular weight is 475 g/mol. The largest absolute Gasteiger partial charge is 0.321 e. The Labute approximate surface area is 208 Å². The summed E-state index contributed by atoms with van der Waals surface area (Å²) < 4.78 is 13.0. The Morgan fingerprint density at radius 3 is 2.12 bits per heavy atom. The third-order valence-electron chi connectivity index (χ3n) is 8.02. The van der Waals surface area contributed by atoms with Gasteiger partial charge in [-0.25, -0.2) is 9.82 Å². The van der Waals surface area contributed by atoms with Crippen LogP contribution in [0.1, 0.15) is 103 Å². The normalized spacial score (nSPS) is 22.2. The van der Waals surface area contributed by atoms with Crippen LogP contribution in [0.5, 0.6) is 0 Å². The number of anilines is 1. The molecule has 1 aliphatic carbocycles. The van der Waals surface area contributed by atoms with E-state index in [9.17, 15) is 4.39 Å². The molecule has 2 aliphatic rings. The molecule has 34 heavy (non-hydrogen) atoms. The number of hydrogen-bond acceptors (Lipinski definition) is 4. The maximum Gasteiger partial charge on any atom is 0.123 e. The van der Waals surface area contributed by atoms with E-state index in [1.807, 2.05) is 0 Å². The lowest BCUT2D eigenvalue weighted by molar-refractivity contribution is 0.176. The predicted octanol–water partition coefficient (Wildman–Crippen LogP) is 6.89. The monoisotopic (exact) mass is 474 g/mol. The lowest BCUT2D eigenvalue weighted by Gasteiger charge is -2.35. The van der Waals surface area contributed by atoms with Crippen molar-refractivity contribution in [1.82, 2.24) is 15.6 Å². The quantitative estimate of drug-likeness (QED) is 0.180. The van der Waals surface area contributed by atoms with Crippen LogP contribution in [-0.2, 0) is 0 Å². The fraction of sp³-hybridized carbons (Fsp3) is 0.793. The molecular weight excluding hydrogens is 423 g/mol. The Kier molecular flexibility index (Phi) is 13.3. The van der Waals surface area contributed by atoms with Gasteiger partial charge in [0.25, 0.3) is 0 Å². The number of unbranched alkanes of at least 4 members (excludes halogenated alkanes) is 7. The van der Waals surface area contributed by atoms with Crippen LogP contribution >= 0.6 is 0 Å². The summed E-state index contributed by atoms with van der Waals surface area (Å²) >= 11 is 0. The van der Waals surface area contributed by atoms with Crippen LogP contribution in [0.4, 0.5) is 10.1 Å². The molecular formula is C29H51FN4. The molecule has 4 nitrogen and oxygen atoms in total. The Hall–Kier alpha value is -1.17. The van der Waals surface area contributed by atoms with Gasteiger partial charge >= 0.3 is 0 Å². The molecule has 1 heterocycles.